The number of anilines is 2. The lowest BCUT2D eigenvalue weighted by molar-refractivity contribution is -0.122. The monoisotopic (exact) mass is 315 g/mol. The Morgan fingerprint density at radius 1 is 1.48 bits per heavy atom. The molecule has 3 N–H and O–H groups in total. The first-order chi connectivity index (χ1) is 11.1. The van der Waals surface area contributed by atoms with E-state index < -0.39 is 0 Å². The highest BCUT2D eigenvalue weighted by Crippen LogP contribution is 2.16. The van der Waals surface area contributed by atoms with Crippen LogP contribution in [-0.4, -0.2) is 44.8 Å². The van der Waals surface area contributed by atoms with Gasteiger partial charge in [-0.25, -0.2) is 9.67 Å². The lowest BCUT2D eigenvalue weighted by Gasteiger charge is -2.33. The van der Waals surface area contributed by atoms with Gasteiger partial charge < -0.3 is 16.0 Å². The molecule has 1 aliphatic heterocycles. The molecule has 0 bridgehead atoms. The maximum absolute atomic E-state index is 12.2. The quantitative estimate of drug-likeness (QED) is 0.844. The highest BCUT2D eigenvalue weighted by molar-refractivity contribution is 5.76. The van der Waals surface area contributed by atoms with E-state index >= 15 is 0 Å². The molecule has 1 aliphatic rings. The van der Waals surface area contributed by atoms with Gasteiger partial charge in [-0.3, -0.25) is 9.78 Å². The Hall–Kier alpha value is -2.64. The third-order valence-corrected chi connectivity index (χ3v) is 3.89. The second kappa shape index (κ2) is 6.64. The summed E-state index contributed by atoms with van der Waals surface area (Å²) < 4.78 is 1.52. The van der Waals surface area contributed by atoms with Crippen molar-refractivity contribution in [1.82, 2.24) is 25.1 Å². The zero-order chi connectivity index (χ0) is 16.2. The van der Waals surface area contributed by atoms with Crippen LogP contribution in [0.4, 0.5) is 11.6 Å². The van der Waals surface area contributed by atoms with Crippen LogP contribution in [0.25, 0.3) is 0 Å². The summed E-state index contributed by atoms with van der Waals surface area (Å²) in [5.74, 6) is 1.27. The van der Waals surface area contributed by atoms with Crippen molar-refractivity contribution < 1.29 is 4.79 Å². The molecule has 122 valence electrons. The molecule has 1 atom stereocenters. The smallest absolute Gasteiger partial charge is 0.242 e. The van der Waals surface area contributed by atoms with Gasteiger partial charge in [-0.15, -0.1) is 0 Å². The first kappa shape index (κ1) is 15.3. The fourth-order valence-electron chi connectivity index (χ4n) is 2.86. The lowest BCUT2D eigenvalue weighted by Crippen LogP contribution is -2.48. The zero-order valence-electron chi connectivity index (χ0n) is 13.1. The minimum atomic E-state index is -0.0780. The van der Waals surface area contributed by atoms with Crippen molar-refractivity contribution in [3.63, 3.8) is 0 Å². The summed E-state index contributed by atoms with van der Waals surface area (Å²) in [7, 11) is 0. The lowest BCUT2D eigenvalue weighted by atomic mass is 10.1. The Kier molecular flexibility index (Phi) is 4.40. The van der Waals surface area contributed by atoms with Crippen molar-refractivity contribution in [2.75, 3.05) is 23.7 Å². The summed E-state index contributed by atoms with van der Waals surface area (Å²) >= 11 is 0. The molecule has 0 spiro atoms. The summed E-state index contributed by atoms with van der Waals surface area (Å²) in [5.41, 5.74) is 6.63. The molecule has 23 heavy (non-hydrogen) atoms. The third kappa shape index (κ3) is 3.77. The number of carbonyl (C=O) groups excluding carboxylic acids is 1. The van der Waals surface area contributed by atoms with Gasteiger partial charge in [0.1, 0.15) is 18.2 Å². The van der Waals surface area contributed by atoms with Crippen molar-refractivity contribution in [1.29, 1.82) is 0 Å². The number of nitrogen functional groups attached to an aromatic ring is 1. The average molecular weight is 315 g/mol. The van der Waals surface area contributed by atoms with Crippen LogP contribution in [-0.2, 0) is 11.3 Å². The summed E-state index contributed by atoms with van der Waals surface area (Å²) in [6.45, 7) is 3.65. The number of hydrogen-bond donors (Lipinski definition) is 2. The number of piperidine rings is 1. The van der Waals surface area contributed by atoms with Crippen LogP contribution < -0.4 is 16.0 Å². The van der Waals surface area contributed by atoms with E-state index in [1.807, 2.05) is 6.92 Å². The molecule has 1 amide bonds. The SMILES string of the molecule is Cc1cc(N)n(CC(=O)N[C@H]2CCCN(c3cnccn3)C2)n1. The van der Waals surface area contributed by atoms with Gasteiger partial charge in [0.15, 0.2) is 0 Å². The molecule has 8 nitrogen and oxygen atoms in total. The number of nitrogens with two attached hydrogens (primary N) is 1. The van der Waals surface area contributed by atoms with E-state index in [0.29, 0.717) is 5.82 Å². The molecule has 3 rings (SSSR count). The van der Waals surface area contributed by atoms with Crippen molar-refractivity contribution in [2.45, 2.75) is 32.4 Å². The van der Waals surface area contributed by atoms with E-state index in [9.17, 15) is 4.79 Å². The number of carbonyl (C=O) groups is 1. The van der Waals surface area contributed by atoms with Gasteiger partial charge >= 0.3 is 0 Å². The fraction of sp³-hybridized carbons (Fsp3) is 0.467. The van der Waals surface area contributed by atoms with E-state index in [-0.39, 0.29) is 18.5 Å². The van der Waals surface area contributed by atoms with E-state index in [1.54, 1.807) is 24.7 Å². The first-order valence-electron chi connectivity index (χ1n) is 7.72. The first-order valence-corrected chi connectivity index (χ1v) is 7.72. The average Bonchev–Trinajstić information content (AvgIpc) is 2.86. The number of nitrogens with one attached hydrogen (secondary N) is 1. The predicted octanol–water partition coefficient (Wildman–Crippen LogP) is 0.349. The van der Waals surface area contributed by atoms with Crippen molar-refractivity contribution >= 4 is 17.5 Å². The molecule has 0 aromatic carbocycles. The van der Waals surface area contributed by atoms with Gasteiger partial charge in [0.25, 0.3) is 0 Å². The molecule has 1 saturated heterocycles. The molecule has 0 aliphatic carbocycles. The van der Waals surface area contributed by atoms with E-state index in [0.717, 1.165) is 37.4 Å². The van der Waals surface area contributed by atoms with Crippen LogP contribution in [0, 0.1) is 6.92 Å². The zero-order valence-corrected chi connectivity index (χ0v) is 13.1. The second-order valence-corrected chi connectivity index (χ2v) is 5.78. The molecule has 8 heteroatoms. The summed E-state index contributed by atoms with van der Waals surface area (Å²) in [4.78, 5) is 22.8. The number of aromatic nitrogens is 4. The van der Waals surface area contributed by atoms with Crippen LogP contribution in [0.15, 0.2) is 24.7 Å². The normalized spacial score (nSPS) is 18.0. The number of rotatable bonds is 4. The van der Waals surface area contributed by atoms with Crippen LogP contribution in [0.2, 0.25) is 0 Å². The number of hydrogen-bond acceptors (Lipinski definition) is 6. The van der Waals surface area contributed by atoms with Gasteiger partial charge in [0, 0.05) is 37.6 Å². The largest absolute Gasteiger partial charge is 0.384 e. The molecule has 2 aromatic rings. The van der Waals surface area contributed by atoms with Gasteiger partial charge in [0.2, 0.25) is 5.91 Å². The number of amides is 1. The standard InChI is InChI=1S/C15H21N7O/c1-11-7-13(16)22(20-11)10-15(23)19-12-3-2-6-21(9-12)14-8-17-4-5-18-14/h4-5,7-8,12H,2-3,6,9-10,16H2,1H3,(H,19,23)/t12-/m0/s1. The Bertz CT molecular complexity index is 670. The van der Waals surface area contributed by atoms with Gasteiger partial charge in [-0.2, -0.15) is 5.10 Å². The Morgan fingerprint density at radius 2 is 2.35 bits per heavy atom. The molecule has 0 saturated carbocycles. The summed E-state index contributed by atoms with van der Waals surface area (Å²) in [6.07, 6.45) is 7.04. The molecule has 1 fully saturated rings. The van der Waals surface area contributed by atoms with Crippen molar-refractivity contribution in [2.24, 2.45) is 0 Å². The molecular weight excluding hydrogens is 294 g/mol. The maximum Gasteiger partial charge on any atom is 0.242 e. The van der Waals surface area contributed by atoms with Crippen LogP contribution in [0.1, 0.15) is 18.5 Å². The molecule has 0 radical (unpaired) electrons. The third-order valence-electron chi connectivity index (χ3n) is 3.89. The summed E-state index contributed by atoms with van der Waals surface area (Å²) in [5, 5.41) is 7.27. The van der Waals surface area contributed by atoms with Gasteiger partial charge in [-0.05, 0) is 19.8 Å². The Morgan fingerprint density at radius 3 is 3.04 bits per heavy atom. The van der Waals surface area contributed by atoms with Crippen molar-refractivity contribution in [3.05, 3.63) is 30.4 Å². The van der Waals surface area contributed by atoms with Crippen molar-refractivity contribution in [3.8, 4) is 0 Å². The molecule has 0 unspecified atom stereocenters. The van der Waals surface area contributed by atoms with Crippen LogP contribution in [0.5, 0.6) is 0 Å². The second-order valence-electron chi connectivity index (χ2n) is 5.78. The van der Waals surface area contributed by atoms with Gasteiger partial charge in [0.05, 0.1) is 11.9 Å². The van der Waals surface area contributed by atoms with Crippen LogP contribution in [0.3, 0.4) is 0 Å². The number of nitrogens with zero attached hydrogens (tertiary/aromatic N) is 5. The minimum absolute atomic E-state index is 0.0780. The van der Waals surface area contributed by atoms with Gasteiger partial charge in [-0.1, -0.05) is 0 Å². The van der Waals surface area contributed by atoms with E-state index in [1.165, 1.54) is 4.68 Å². The minimum Gasteiger partial charge on any atom is -0.384 e. The van der Waals surface area contributed by atoms with E-state index in [2.05, 4.69) is 25.3 Å². The topological polar surface area (TPSA) is 102 Å². The van der Waals surface area contributed by atoms with E-state index in [4.69, 9.17) is 5.73 Å². The highest BCUT2D eigenvalue weighted by atomic mass is 16.2. The Balaban J connectivity index is 1.57. The summed E-state index contributed by atoms with van der Waals surface area (Å²) in [6, 6.07) is 1.85. The molecular formula is C15H21N7O. The highest BCUT2D eigenvalue weighted by Gasteiger charge is 2.22. The Labute approximate surface area is 134 Å². The fourth-order valence-corrected chi connectivity index (χ4v) is 2.86. The predicted molar refractivity (Wildman–Crippen MR) is 86.8 cm³/mol. The maximum atomic E-state index is 12.2. The number of aryl methyl sites for hydroxylation is 1. The molecule has 2 aromatic heterocycles. The van der Waals surface area contributed by atoms with Crippen LogP contribution >= 0.6 is 0 Å². The molecule has 3 heterocycles.